The molecular weight excluding hydrogens is 160 g/mol. The lowest BCUT2D eigenvalue weighted by atomic mass is 10.2. The minimum Gasteiger partial charge on any atom is -0.255 e. The van der Waals surface area contributed by atoms with Crippen LogP contribution in [0.5, 0.6) is 0 Å². The Morgan fingerprint density at radius 3 is 3.00 bits per heavy atom. The second kappa shape index (κ2) is 5.95. The van der Waals surface area contributed by atoms with Crippen molar-refractivity contribution in [3.05, 3.63) is 24.8 Å². The molecule has 0 atom stereocenters. The molecule has 13 heavy (non-hydrogen) atoms. The van der Waals surface area contributed by atoms with Gasteiger partial charge in [-0.05, 0) is 19.3 Å². The lowest BCUT2D eigenvalue weighted by Crippen LogP contribution is -2.38. The van der Waals surface area contributed by atoms with E-state index in [2.05, 4.69) is 23.6 Å². The number of nitrogens with zero attached hydrogens (tertiary/aromatic N) is 1. The van der Waals surface area contributed by atoms with Crippen LogP contribution in [0.4, 0.5) is 0 Å². The third kappa shape index (κ3) is 4.25. The number of hydrogen-bond acceptors (Lipinski definition) is 2. The second-order valence-corrected chi connectivity index (χ2v) is 3.57. The fraction of sp³-hybridized carbons (Fsp3) is 0.636. The molecule has 1 fully saturated rings. The maximum Gasteiger partial charge on any atom is 0.0171 e. The van der Waals surface area contributed by atoms with Crippen LogP contribution in [0.3, 0.4) is 0 Å². The maximum atomic E-state index is 3.91. The van der Waals surface area contributed by atoms with Crippen molar-refractivity contribution in [3.63, 3.8) is 0 Å². The van der Waals surface area contributed by atoms with Gasteiger partial charge in [0.05, 0.1) is 0 Å². The number of rotatable bonds is 4. The molecule has 1 saturated heterocycles. The molecule has 0 aromatic rings. The lowest BCUT2D eigenvalue weighted by Gasteiger charge is -2.20. The predicted octanol–water partition coefficient (Wildman–Crippen LogP) is 2.11. The fourth-order valence-electron chi connectivity index (χ4n) is 1.49. The van der Waals surface area contributed by atoms with Gasteiger partial charge in [-0.2, -0.15) is 0 Å². The summed E-state index contributed by atoms with van der Waals surface area (Å²) in [6, 6.07) is 0. The third-order valence-electron chi connectivity index (χ3n) is 2.43. The van der Waals surface area contributed by atoms with E-state index in [0.29, 0.717) is 0 Å². The smallest absolute Gasteiger partial charge is 0.0171 e. The van der Waals surface area contributed by atoms with Crippen molar-refractivity contribution in [1.29, 1.82) is 0 Å². The summed E-state index contributed by atoms with van der Waals surface area (Å²) < 4.78 is 0. The normalized spacial score (nSPS) is 19.4. The van der Waals surface area contributed by atoms with Crippen LogP contribution < -0.4 is 5.43 Å². The van der Waals surface area contributed by atoms with E-state index < -0.39 is 0 Å². The van der Waals surface area contributed by atoms with E-state index in [1.165, 1.54) is 25.8 Å². The molecule has 0 radical (unpaired) electrons. The molecule has 1 heterocycles. The summed E-state index contributed by atoms with van der Waals surface area (Å²) in [5, 5.41) is 2.31. The summed E-state index contributed by atoms with van der Waals surface area (Å²) in [6.07, 6.45) is 6.84. The zero-order chi connectivity index (χ0) is 9.52. The highest BCUT2D eigenvalue weighted by atomic mass is 15.5. The first kappa shape index (κ1) is 10.5. The molecule has 0 aliphatic carbocycles. The van der Waals surface area contributed by atoms with Gasteiger partial charge in [0.15, 0.2) is 0 Å². The molecule has 0 saturated carbocycles. The van der Waals surface area contributed by atoms with Crippen LogP contribution in [-0.4, -0.2) is 24.6 Å². The molecule has 74 valence electrons. The molecule has 1 rings (SSSR count). The molecule has 1 aliphatic heterocycles. The van der Waals surface area contributed by atoms with Gasteiger partial charge in [-0.25, -0.2) is 5.01 Å². The van der Waals surface area contributed by atoms with Gasteiger partial charge in [-0.3, -0.25) is 5.43 Å². The van der Waals surface area contributed by atoms with Crippen molar-refractivity contribution in [3.8, 4) is 0 Å². The number of nitrogens with one attached hydrogen (secondary N) is 1. The summed E-state index contributed by atoms with van der Waals surface area (Å²) >= 11 is 0. The Morgan fingerprint density at radius 2 is 2.23 bits per heavy atom. The molecule has 2 heteroatoms. The van der Waals surface area contributed by atoms with E-state index in [4.69, 9.17) is 0 Å². The Morgan fingerprint density at radius 1 is 1.38 bits per heavy atom. The van der Waals surface area contributed by atoms with E-state index >= 15 is 0 Å². The van der Waals surface area contributed by atoms with E-state index in [9.17, 15) is 0 Å². The Kier molecular flexibility index (Phi) is 4.79. The first-order valence-corrected chi connectivity index (χ1v) is 5.11. The average molecular weight is 180 g/mol. The van der Waals surface area contributed by atoms with Gasteiger partial charge >= 0.3 is 0 Å². The molecule has 0 spiro atoms. The van der Waals surface area contributed by atoms with Crippen LogP contribution in [-0.2, 0) is 0 Å². The van der Waals surface area contributed by atoms with Crippen LogP contribution in [0.2, 0.25) is 0 Å². The third-order valence-corrected chi connectivity index (χ3v) is 2.43. The van der Waals surface area contributed by atoms with Crippen molar-refractivity contribution >= 4 is 0 Å². The topological polar surface area (TPSA) is 15.3 Å². The van der Waals surface area contributed by atoms with Gasteiger partial charge in [0, 0.05) is 19.6 Å². The highest BCUT2D eigenvalue weighted by molar-refractivity contribution is 5.10. The van der Waals surface area contributed by atoms with Crippen LogP contribution in [0.25, 0.3) is 0 Å². The Balaban J connectivity index is 2.18. The molecular formula is C11H20N2. The summed E-state index contributed by atoms with van der Waals surface area (Å²) in [5.41, 5.74) is 4.55. The lowest BCUT2D eigenvalue weighted by molar-refractivity contribution is 0.204. The van der Waals surface area contributed by atoms with Crippen molar-refractivity contribution in [2.45, 2.75) is 25.7 Å². The molecule has 0 unspecified atom stereocenters. The van der Waals surface area contributed by atoms with E-state index in [-0.39, 0.29) is 0 Å². The van der Waals surface area contributed by atoms with Crippen molar-refractivity contribution in [1.82, 2.24) is 10.4 Å². The Hall–Kier alpha value is -0.600. The Labute approximate surface area is 81.3 Å². The minimum absolute atomic E-state index is 1.02. The number of allylic oxidation sites excluding steroid dienone is 1. The highest BCUT2D eigenvalue weighted by Gasteiger charge is 2.07. The van der Waals surface area contributed by atoms with Crippen LogP contribution in [0, 0.1) is 0 Å². The van der Waals surface area contributed by atoms with Gasteiger partial charge in [0.2, 0.25) is 0 Å². The van der Waals surface area contributed by atoms with E-state index in [1.54, 1.807) is 0 Å². The summed E-state index contributed by atoms with van der Waals surface area (Å²) in [7, 11) is 0. The van der Waals surface area contributed by atoms with E-state index in [1.807, 2.05) is 6.08 Å². The van der Waals surface area contributed by atoms with Gasteiger partial charge < -0.3 is 0 Å². The van der Waals surface area contributed by atoms with Crippen LogP contribution in [0.15, 0.2) is 24.8 Å². The minimum atomic E-state index is 1.02. The first-order valence-electron chi connectivity index (χ1n) is 5.11. The zero-order valence-corrected chi connectivity index (χ0v) is 8.39. The molecule has 0 bridgehead atoms. The quantitative estimate of drug-likeness (QED) is 0.667. The monoisotopic (exact) mass is 180 g/mol. The van der Waals surface area contributed by atoms with Gasteiger partial charge in [-0.15, -0.1) is 0 Å². The first-order chi connectivity index (χ1) is 6.33. The fourth-order valence-corrected chi connectivity index (χ4v) is 1.49. The molecule has 1 N–H and O–H groups in total. The van der Waals surface area contributed by atoms with Crippen molar-refractivity contribution in [2.75, 3.05) is 19.6 Å². The maximum absolute atomic E-state index is 3.91. The average Bonchev–Trinajstić information content (AvgIpc) is 2.42. The van der Waals surface area contributed by atoms with Crippen LogP contribution in [0.1, 0.15) is 25.7 Å². The predicted molar refractivity (Wildman–Crippen MR) is 57.4 cm³/mol. The number of hydrazine groups is 1. The molecule has 2 nitrogen and oxygen atoms in total. The molecule has 0 aromatic heterocycles. The van der Waals surface area contributed by atoms with Crippen molar-refractivity contribution < 1.29 is 0 Å². The second-order valence-electron chi connectivity index (χ2n) is 3.57. The SMILES string of the molecule is C=CC(=C)CCN1CCCCCN1. The molecule has 0 amide bonds. The zero-order valence-electron chi connectivity index (χ0n) is 8.39. The Bertz CT molecular complexity index is 167. The summed E-state index contributed by atoms with van der Waals surface area (Å²) in [6.45, 7) is 11.0. The molecule has 0 aromatic carbocycles. The van der Waals surface area contributed by atoms with E-state index in [0.717, 1.165) is 25.1 Å². The van der Waals surface area contributed by atoms with Gasteiger partial charge in [-0.1, -0.05) is 31.2 Å². The standard InChI is InChI=1S/C11H20N2/c1-3-11(2)7-10-13-9-6-4-5-8-12-13/h3,12H,1-2,4-10H2. The summed E-state index contributed by atoms with van der Waals surface area (Å²) in [4.78, 5) is 0. The highest BCUT2D eigenvalue weighted by Crippen LogP contribution is 2.05. The van der Waals surface area contributed by atoms with Gasteiger partial charge in [0.25, 0.3) is 0 Å². The van der Waals surface area contributed by atoms with Crippen LogP contribution >= 0.6 is 0 Å². The molecule has 1 aliphatic rings. The summed E-state index contributed by atoms with van der Waals surface area (Å²) in [5.74, 6) is 0. The van der Waals surface area contributed by atoms with Crippen molar-refractivity contribution in [2.24, 2.45) is 0 Å². The van der Waals surface area contributed by atoms with Gasteiger partial charge in [0.1, 0.15) is 0 Å². The number of hydrogen-bond donors (Lipinski definition) is 1. The largest absolute Gasteiger partial charge is 0.255 e.